The van der Waals surface area contributed by atoms with E-state index in [0.29, 0.717) is 26.1 Å². The first-order valence-electron chi connectivity index (χ1n) is 15.4. The molecule has 1 aliphatic rings. The topological polar surface area (TPSA) is 115 Å². The van der Waals surface area contributed by atoms with Gasteiger partial charge in [0.2, 0.25) is 11.8 Å². The van der Waals surface area contributed by atoms with E-state index in [1.807, 2.05) is 73.1 Å². The maximum absolute atomic E-state index is 12.3. The van der Waals surface area contributed by atoms with Gasteiger partial charge in [0.1, 0.15) is 0 Å². The fraction of sp³-hybridized carbons (Fsp3) is 0.400. The number of rotatable bonds is 13. The third-order valence-corrected chi connectivity index (χ3v) is 8.22. The highest BCUT2D eigenvalue weighted by molar-refractivity contribution is 5.76. The second kappa shape index (κ2) is 15.1. The van der Waals surface area contributed by atoms with Crippen LogP contribution >= 0.6 is 0 Å². The average molecular weight is 599 g/mol. The van der Waals surface area contributed by atoms with E-state index in [9.17, 15) is 14.7 Å². The van der Waals surface area contributed by atoms with E-state index >= 15 is 0 Å². The summed E-state index contributed by atoms with van der Waals surface area (Å²) in [6.07, 6.45) is 3.96. The number of hydrogen-bond acceptors (Lipinski definition) is 6. The molecule has 2 heterocycles. The first kappa shape index (κ1) is 31.4. The summed E-state index contributed by atoms with van der Waals surface area (Å²) in [5.41, 5.74) is 5.81. The van der Waals surface area contributed by atoms with Crippen molar-refractivity contribution in [1.82, 2.24) is 20.2 Å². The number of imidazole rings is 1. The van der Waals surface area contributed by atoms with Gasteiger partial charge in [-0.3, -0.25) is 9.59 Å². The molecule has 5 rings (SSSR count). The number of ether oxygens (including phenoxy) is 2. The number of hydrogen-bond donors (Lipinski definition) is 3. The predicted molar refractivity (Wildman–Crippen MR) is 168 cm³/mol. The number of carbonyl (C=O) groups is 2. The molecular weight excluding hydrogens is 556 g/mol. The number of amides is 2. The third kappa shape index (κ3) is 8.11. The summed E-state index contributed by atoms with van der Waals surface area (Å²) < 4.78 is 15.4. The molecule has 0 bridgehead atoms. The fourth-order valence-electron chi connectivity index (χ4n) is 5.61. The lowest BCUT2D eigenvalue weighted by molar-refractivity contribution is -0.276. The predicted octanol–water partition coefficient (Wildman–Crippen LogP) is 5.33. The normalized spacial score (nSPS) is 20.0. The van der Waals surface area contributed by atoms with Crippen LogP contribution in [0.25, 0.3) is 11.0 Å². The highest BCUT2D eigenvalue weighted by Gasteiger charge is 2.38. The van der Waals surface area contributed by atoms with Gasteiger partial charge in [-0.2, -0.15) is 0 Å². The Hall–Kier alpha value is -4.05. The van der Waals surface area contributed by atoms with Crippen LogP contribution in [0, 0.1) is 5.92 Å². The molecule has 9 nitrogen and oxygen atoms in total. The van der Waals surface area contributed by atoms with Crippen molar-refractivity contribution in [1.29, 1.82) is 0 Å². The quantitative estimate of drug-likeness (QED) is 0.179. The molecule has 9 heteroatoms. The standard InChI is InChI=1S/C35H42N4O5/c1-24-32(21-39-23-38-30-8-5-6-9-31(30)39)43-35(44-34(24)28-15-13-27(22-40)14-16-28)29-17-11-26(12-18-29)20-37-33(42)10-4-3-7-19-36-25(2)41/h5-6,8-9,11-18,23-24,32,34-35,40H,3-4,7,10,19-22H2,1-2H3,(H,36,41)(H,37,42)/t24-,32+,34+,35+/m1/s1. The minimum absolute atomic E-state index is 0.00381. The molecule has 0 aliphatic carbocycles. The number of unbranched alkanes of at least 4 members (excludes halogenated alkanes) is 2. The number of fused-ring (bicyclic) bond motifs is 1. The maximum atomic E-state index is 12.3. The summed E-state index contributed by atoms with van der Waals surface area (Å²) in [6.45, 7) is 5.38. The van der Waals surface area contributed by atoms with Crippen LogP contribution in [0.1, 0.15) is 74.2 Å². The van der Waals surface area contributed by atoms with Crippen LogP contribution in [0.2, 0.25) is 0 Å². The van der Waals surface area contributed by atoms with Crippen LogP contribution in [0.5, 0.6) is 0 Å². The fourth-order valence-corrected chi connectivity index (χ4v) is 5.61. The van der Waals surface area contributed by atoms with Gasteiger partial charge in [-0.15, -0.1) is 0 Å². The molecule has 4 aromatic rings. The minimum atomic E-state index is -0.574. The lowest BCUT2D eigenvalue weighted by Crippen LogP contribution is -2.39. The molecule has 232 valence electrons. The lowest BCUT2D eigenvalue weighted by atomic mass is 9.90. The van der Waals surface area contributed by atoms with E-state index in [1.165, 1.54) is 6.92 Å². The largest absolute Gasteiger partial charge is 0.392 e. The Labute approximate surface area is 258 Å². The molecule has 3 aromatic carbocycles. The Morgan fingerprint density at radius 1 is 0.886 bits per heavy atom. The number of benzene rings is 3. The summed E-state index contributed by atoms with van der Waals surface area (Å²) in [5.74, 6) is 0.0417. The summed E-state index contributed by atoms with van der Waals surface area (Å²) in [4.78, 5) is 27.8. The monoisotopic (exact) mass is 598 g/mol. The van der Waals surface area contributed by atoms with Gasteiger partial charge in [-0.05, 0) is 41.7 Å². The van der Waals surface area contributed by atoms with Gasteiger partial charge in [-0.1, -0.05) is 74.0 Å². The van der Waals surface area contributed by atoms with Crippen LogP contribution in [0.15, 0.2) is 79.1 Å². The first-order valence-corrected chi connectivity index (χ1v) is 15.4. The Balaban J connectivity index is 1.23. The van der Waals surface area contributed by atoms with Gasteiger partial charge in [-0.25, -0.2) is 4.98 Å². The van der Waals surface area contributed by atoms with Crippen molar-refractivity contribution >= 4 is 22.8 Å². The molecule has 1 aromatic heterocycles. The van der Waals surface area contributed by atoms with Crippen LogP contribution in [-0.2, 0) is 38.8 Å². The zero-order chi connectivity index (χ0) is 30.9. The smallest absolute Gasteiger partial charge is 0.220 e. The van der Waals surface area contributed by atoms with E-state index in [-0.39, 0.29) is 36.5 Å². The molecule has 0 radical (unpaired) electrons. The second-order valence-electron chi connectivity index (χ2n) is 11.5. The number of aliphatic hydroxyl groups is 1. The number of aromatic nitrogens is 2. The van der Waals surface area contributed by atoms with Crippen molar-refractivity contribution < 1.29 is 24.2 Å². The van der Waals surface area contributed by atoms with Crippen molar-refractivity contribution in [2.24, 2.45) is 5.92 Å². The SMILES string of the molecule is CC(=O)NCCCCCC(=O)NCc1ccc([C@H]2O[C@@H](Cn3cnc4ccccc43)[C@@H](C)[C@@H](c3ccc(CO)cc3)O2)cc1. The van der Waals surface area contributed by atoms with E-state index in [0.717, 1.165) is 52.5 Å². The van der Waals surface area contributed by atoms with E-state index < -0.39 is 6.29 Å². The third-order valence-electron chi connectivity index (χ3n) is 8.22. The summed E-state index contributed by atoms with van der Waals surface area (Å²) in [5, 5.41) is 15.3. The first-order chi connectivity index (χ1) is 21.4. The van der Waals surface area contributed by atoms with Crippen LogP contribution in [0.4, 0.5) is 0 Å². The highest BCUT2D eigenvalue weighted by atomic mass is 16.7. The van der Waals surface area contributed by atoms with E-state index in [1.54, 1.807) is 0 Å². The van der Waals surface area contributed by atoms with E-state index in [2.05, 4.69) is 33.2 Å². The molecule has 44 heavy (non-hydrogen) atoms. The van der Waals surface area contributed by atoms with Crippen molar-refractivity contribution in [2.45, 2.75) is 77.7 Å². The lowest BCUT2D eigenvalue weighted by Gasteiger charge is -2.41. The van der Waals surface area contributed by atoms with Gasteiger partial charge >= 0.3 is 0 Å². The molecule has 0 spiro atoms. The van der Waals surface area contributed by atoms with Crippen molar-refractivity contribution in [3.8, 4) is 0 Å². The summed E-state index contributed by atoms with van der Waals surface area (Å²) in [6, 6.07) is 24.0. The minimum Gasteiger partial charge on any atom is -0.392 e. The van der Waals surface area contributed by atoms with E-state index in [4.69, 9.17) is 9.47 Å². The zero-order valence-electron chi connectivity index (χ0n) is 25.4. The number of nitrogens with one attached hydrogen (secondary N) is 2. The molecule has 0 unspecified atom stereocenters. The van der Waals surface area contributed by atoms with Gasteiger partial charge in [0.15, 0.2) is 6.29 Å². The number of carbonyl (C=O) groups excluding carboxylic acids is 2. The summed E-state index contributed by atoms with van der Waals surface area (Å²) >= 11 is 0. The Morgan fingerprint density at radius 2 is 1.61 bits per heavy atom. The molecular formula is C35H42N4O5. The van der Waals surface area contributed by atoms with Gasteiger partial charge < -0.3 is 29.8 Å². The average Bonchev–Trinajstić information content (AvgIpc) is 3.45. The van der Waals surface area contributed by atoms with Gasteiger partial charge in [0.05, 0.1) is 42.7 Å². The Morgan fingerprint density at radius 3 is 2.36 bits per heavy atom. The molecule has 4 atom stereocenters. The molecule has 1 aliphatic heterocycles. The zero-order valence-corrected chi connectivity index (χ0v) is 25.4. The van der Waals surface area contributed by atoms with Crippen LogP contribution in [0.3, 0.4) is 0 Å². The molecule has 3 N–H and O–H groups in total. The number of aliphatic hydroxyl groups excluding tert-OH is 1. The Kier molecular flexibility index (Phi) is 10.8. The number of nitrogens with zero attached hydrogens (tertiary/aromatic N) is 2. The Bertz CT molecular complexity index is 1520. The van der Waals surface area contributed by atoms with Crippen molar-refractivity contribution in [3.63, 3.8) is 0 Å². The number of para-hydroxylation sites is 2. The van der Waals surface area contributed by atoms with Crippen molar-refractivity contribution in [3.05, 3.63) is 101 Å². The summed E-state index contributed by atoms with van der Waals surface area (Å²) in [7, 11) is 0. The van der Waals surface area contributed by atoms with Crippen LogP contribution in [-0.4, -0.2) is 39.1 Å². The van der Waals surface area contributed by atoms with Crippen LogP contribution < -0.4 is 10.6 Å². The van der Waals surface area contributed by atoms with Gasteiger partial charge in [0, 0.05) is 37.9 Å². The van der Waals surface area contributed by atoms with Crippen molar-refractivity contribution in [2.75, 3.05) is 6.54 Å². The van der Waals surface area contributed by atoms with Gasteiger partial charge in [0.25, 0.3) is 0 Å². The molecule has 0 saturated carbocycles. The molecule has 2 amide bonds. The maximum Gasteiger partial charge on any atom is 0.220 e. The highest BCUT2D eigenvalue weighted by Crippen LogP contribution is 2.42. The second-order valence-corrected chi connectivity index (χ2v) is 11.5. The molecule has 1 saturated heterocycles. The molecule has 1 fully saturated rings.